The maximum atomic E-state index is 14.4. The minimum atomic E-state index is -2.58. The van der Waals surface area contributed by atoms with E-state index in [1.807, 2.05) is 78.6 Å². The highest BCUT2D eigenvalue weighted by Crippen LogP contribution is 2.36. The van der Waals surface area contributed by atoms with E-state index in [4.69, 9.17) is 26.6 Å². The molecular formula is C24H58O8Si6. The molecule has 226 valence electrons. The first kappa shape index (κ1) is 38.1. The summed E-state index contributed by atoms with van der Waals surface area (Å²) in [4.78, 5) is 28.7. The molecule has 0 aromatic heterocycles. The molecule has 0 amide bonds. The molecule has 0 aromatic carbocycles. The van der Waals surface area contributed by atoms with Crippen molar-refractivity contribution in [2.75, 3.05) is 6.61 Å². The predicted molar refractivity (Wildman–Crippen MR) is 172 cm³/mol. The smallest absolute Gasteiger partial charge is 0.338 e. The second-order valence-electron chi connectivity index (χ2n) is 15.8. The first-order valence-corrected chi connectivity index (χ1v) is 34.0. The van der Waals surface area contributed by atoms with E-state index >= 15 is 0 Å². The Morgan fingerprint density at radius 1 is 0.526 bits per heavy atom. The molecule has 8 nitrogen and oxygen atoms in total. The summed E-state index contributed by atoms with van der Waals surface area (Å²) in [6.45, 7) is 36.1. The highest BCUT2D eigenvalue weighted by Gasteiger charge is 2.63. The summed E-state index contributed by atoms with van der Waals surface area (Å²) in [7, 11) is -14.1. The topological polar surface area (TPSA) is 89.5 Å². The molecule has 0 aliphatic carbocycles. The molecule has 0 aromatic rings. The van der Waals surface area contributed by atoms with Crippen LogP contribution in [-0.4, -0.2) is 86.3 Å². The quantitative estimate of drug-likeness (QED) is 0.145. The van der Waals surface area contributed by atoms with Crippen LogP contribution in [-0.2, 0) is 36.1 Å². The number of carbonyl (C=O) groups is 2. The predicted octanol–water partition coefficient (Wildman–Crippen LogP) is 6.62. The molecule has 0 spiro atoms. The van der Waals surface area contributed by atoms with Crippen LogP contribution in [0.1, 0.15) is 0 Å². The van der Waals surface area contributed by atoms with Crippen molar-refractivity contribution in [1.82, 2.24) is 0 Å². The highest BCUT2D eigenvalue weighted by atomic mass is 28.4. The van der Waals surface area contributed by atoms with Gasteiger partial charge in [0, 0.05) is 0 Å². The van der Waals surface area contributed by atoms with Crippen LogP contribution in [0.15, 0.2) is 0 Å². The molecule has 0 aliphatic heterocycles. The third-order valence-corrected chi connectivity index (χ3v) is 9.81. The Hall–Kier alpha value is 0.0813. The summed E-state index contributed by atoms with van der Waals surface area (Å²) in [6.07, 6.45) is -1.84. The number of hydrogen-bond acceptors (Lipinski definition) is 8. The molecular weight excluding hydrogens is 585 g/mol. The second kappa shape index (κ2) is 12.9. The SMILES string of the molecule is C[Si](C)(C)OCC(O[Si](C)(C)C)C(O[Si](C)(C)C)C(O[Si](C)(C)C)(C(=O)O[Si](C)(C)C)C(=O)O[Si](C)(C)C. The van der Waals surface area contributed by atoms with Gasteiger partial charge in [-0.1, -0.05) is 0 Å². The lowest BCUT2D eigenvalue weighted by Crippen LogP contribution is -2.70. The lowest BCUT2D eigenvalue weighted by atomic mass is 9.93. The van der Waals surface area contributed by atoms with Gasteiger partial charge < -0.3 is 26.6 Å². The number of hydrogen-bond donors (Lipinski definition) is 0. The second-order valence-corrected chi connectivity index (χ2v) is 42.5. The molecule has 0 aliphatic rings. The van der Waals surface area contributed by atoms with Crippen LogP contribution in [0.2, 0.25) is 118 Å². The minimum Gasteiger partial charge on any atom is -0.517 e. The standard InChI is InChI=1S/C24H58O8Si6/c1-33(2,3)27-19-20(28-34(4,5)6)21(29-35(7,8)9)24(32-38(16,17)18,22(25)30-36(10,11)12)23(26)31-37(13,14)15/h20-21H,19H2,1-18H3. The van der Waals surface area contributed by atoms with Gasteiger partial charge in [-0.05, 0) is 118 Å². The Bertz CT molecular complexity index is 768. The van der Waals surface area contributed by atoms with Crippen molar-refractivity contribution in [3.05, 3.63) is 0 Å². The van der Waals surface area contributed by atoms with E-state index in [1.165, 1.54) is 0 Å². The monoisotopic (exact) mass is 642 g/mol. The normalized spacial score (nSPS) is 16.2. The third-order valence-electron chi connectivity index (χ3n) is 4.28. The lowest BCUT2D eigenvalue weighted by molar-refractivity contribution is -0.189. The average molecular weight is 643 g/mol. The van der Waals surface area contributed by atoms with Crippen molar-refractivity contribution in [3.8, 4) is 0 Å². The van der Waals surface area contributed by atoms with Gasteiger partial charge >= 0.3 is 11.9 Å². The Kier molecular flexibility index (Phi) is 13.0. The van der Waals surface area contributed by atoms with Crippen molar-refractivity contribution in [1.29, 1.82) is 0 Å². The van der Waals surface area contributed by atoms with Crippen LogP contribution in [0.25, 0.3) is 0 Å². The van der Waals surface area contributed by atoms with Gasteiger partial charge in [0.15, 0.2) is 33.3 Å². The molecule has 2 unspecified atom stereocenters. The zero-order valence-electron chi connectivity index (χ0n) is 27.6. The Morgan fingerprint density at radius 2 is 0.895 bits per heavy atom. The number of carbonyl (C=O) groups excluding carboxylic acids is 2. The van der Waals surface area contributed by atoms with E-state index in [1.54, 1.807) is 0 Å². The molecule has 0 rings (SSSR count). The zero-order chi connectivity index (χ0) is 30.8. The molecule has 0 heterocycles. The Balaban J connectivity index is 7.61. The summed E-state index contributed by atoms with van der Waals surface area (Å²) >= 11 is 0. The van der Waals surface area contributed by atoms with Gasteiger partial charge in [0.1, 0.15) is 6.10 Å². The van der Waals surface area contributed by atoms with E-state index in [-0.39, 0.29) is 6.61 Å². The first-order chi connectivity index (χ1) is 16.4. The van der Waals surface area contributed by atoms with E-state index < -0.39 is 79.7 Å². The van der Waals surface area contributed by atoms with E-state index in [0.717, 1.165) is 0 Å². The zero-order valence-corrected chi connectivity index (χ0v) is 33.6. The molecule has 0 N–H and O–H groups in total. The van der Waals surface area contributed by atoms with Crippen LogP contribution in [0, 0.1) is 0 Å². The van der Waals surface area contributed by atoms with Gasteiger partial charge in [-0.2, -0.15) is 0 Å². The molecule has 0 fully saturated rings. The summed E-state index contributed by atoms with van der Waals surface area (Å²) in [6, 6.07) is 0. The van der Waals surface area contributed by atoms with Gasteiger partial charge in [-0.3, -0.25) is 0 Å². The third kappa shape index (κ3) is 15.2. The first-order valence-electron chi connectivity index (χ1n) is 13.5. The van der Waals surface area contributed by atoms with Crippen LogP contribution in [0.4, 0.5) is 0 Å². The Morgan fingerprint density at radius 3 is 1.16 bits per heavy atom. The fraction of sp³-hybridized carbons (Fsp3) is 0.917. The molecule has 38 heavy (non-hydrogen) atoms. The van der Waals surface area contributed by atoms with E-state index in [2.05, 4.69) is 39.3 Å². The summed E-state index contributed by atoms with van der Waals surface area (Å²) in [5.41, 5.74) is -2.14. The highest BCUT2D eigenvalue weighted by molar-refractivity contribution is 6.73. The largest absolute Gasteiger partial charge is 0.517 e. The van der Waals surface area contributed by atoms with Crippen LogP contribution in [0.5, 0.6) is 0 Å². The molecule has 14 heteroatoms. The Labute approximate surface area is 239 Å². The summed E-state index contributed by atoms with van der Waals surface area (Å²) < 4.78 is 38.7. The fourth-order valence-electron chi connectivity index (χ4n) is 3.42. The van der Waals surface area contributed by atoms with Crippen molar-refractivity contribution >= 4 is 61.8 Å². The van der Waals surface area contributed by atoms with E-state index in [9.17, 15) is 9.59 Å². The number of rotatable bonds is 15. The lowest BCUT2D eigenvalue weighted by Gasteiger charge is -2.47. The fourth-order valence-corrected chi connectivity index (χ4v) is 8.93. The van der Waals surface area contributed by atoms with Gasteiger partial charge in [-0.25, -0.2) is 9.59 Å². The van der Waals surface area contributed by atoms with Crippen LogP contribution in [0.3, 0.4) is 0 Å². The van der Waals surface area contributed by atoms with Gasteiger partial charge in [0.05, 0.1) is 12.7 Å². The van der Waals surface area contributed by atoms with Crippen LogP contribution >= 0.6 is 0 Å². The molecule has 0 radical (unpaired) electrons. The molecule has 0 bridgehead atoms. The summed E-state index contributed by atoms with van der Waals surface area (Å²) in [5, 5.41) is 0. The maximum absolute atomic E-state index is 14.4. The maximum Gasteiger partial charge on any atom is 0.338 e. The van der Waals surface area contributed by atoms with Gasteiger partial charge in [-0.15, -0.1) is 0 Å². The summed E-state index contributed by atoms with van der Waals surface area (Å²) in [5.74, 6) is -1.49. The van der Waals surface area contributed by atoms with Gasteiger partial charge in [0.25, 0.3) is 5.60 Å². The average Bonchev–Trinajstić information content (AvgIpc) is 2.55. The van der Waals surface area contributed by atoms with Crippen molar-refractivity contribution in [2.24, 2.45) is 0 Å². The van der Waals surface area contributed by atoms with Crippen molar-refractivity contribution in [3.63, 3.8) is 0 Å². The molecule has 0 saturated carbocycles. The van der Waals surface area contributed by atoms with Crippen molar-refractivity contribution < 1.29 is 36.1 Å². The molecule has 0 saturated heterocycles. The van der Waals surface area contributed by atoms with E-state index in [0.29, 0.717) is 0 Å². The molecule has 2 atom stereocenters. The minimum absolute atomic E-state index is 0.173. The van der Waals surface area contributed by atoms with Crippen LogP contribution < -0.4 is 0 Å². The van der Waals surface area contributed by atoms with Crippen molar-refractivity contribution in [2.45, 2.75) is 136 Å². The van der Waals surface area contributed by atoms with Gasteiger partial charge in [0.2, 0.25) is 16.6 Å².